The molecule has 0 aliphatic rings. The first-order valence-corrected chi connectivity index (χ1v) is 13.2. The number of anilines is 2. The summed E-state index contributed by atoms with van der Waals surface area (Å²) in [6.45, 7) is -0.430. The average Bonchev–Trinajstić information content (AvgIpc) is 3.33. The highest BCUT2D eigenvalue weighted by Crippen LogP contribution is 2.41. The Morgan fingerprint density at radius 2 is 1.59 bits per heavy atom. The van der Waals surface area contributed by atoms with E-state index in [1.165, 1.54) is 19.2 Å². The number of hydrogen-bond donors (Lipinski definition) is 4. The zero-order chi connectivity index (χ0) is 32.4. The summed E-state index contributed by atoms with van der Waals surface area (Å²) in [7, 11) is 1.23. The van der Waals surface area contributed by atoms with E-state index in [1.807, 2.05) is 0 Å². The summed E-state index contributed by atoms with van der Waals surface area (Å²) in [4.78, 5) is 38.7. The van der Waals surface area contributed by atoms with Crippen LogP contribution in [0.25, 0.3) is 10.1 Å². The monoisotopic (exact) mass is 643 g/mol. The van der Waals surface area contributed by atoms with Crippen molar-refractivity contribution in [3.8, 4) is 5.75 Å². The van der Waals surface area contributed by atoms with Crippen LogP contribution in [0.3, 0.4) is 0 Å². The molecule has 0 fully saturated rings. The van der Waals surface area contributed by atoms with E-state index in [-0.39, 0.29) is 50.7 Å². The summed E-state index contributed by atoms with van der Waals surface area (Å²) >= 11 is 0.517. The molecule has 1 heterocycles. The number of ether oxygens (including phenoxy) is 1. The molecule has 3 aromatic carbocycles. The Morgan fingerprint density at radius 3 is 2.23 bits per heavy atom. The van der Waals surface area contributed by atoms with Crippen molar-refractivity contribution in [2.75, 3.05) is 30.9 Å². The number of amides is 3. The Balaban J connectivity index is 1.78. The third kappa shape index (κ3) is 6.92. The van der Waals surface area contributed by atoms with Gasteiger partial charge in [-0.1, -0.05) is 6.07 Å². The Labute approximate surface area is 247 Å². The first kappa shape index (κ1) is 32.2. The number of carbonyl (C=O) groups is 3. The number of nitrogens with one attached hydrogen (secondary N) is 3. The fraction of sp³-hybridized carbons (Fsp3) is 0.179. The lowest BCUT2D eigenvalue weighted by atomic mass is 10.1. The number of hydrogen-bond acceptors (Lipinski definition) is 6. The molecule has 4 rings (SSSR count). The van der Waals surface area contributed by atoms with E-state index < -0.39 is 52.7 Å². The summed E-state index contributed by atoms with van der Waals surface area (Å²) in [6.07, 6.45) is -9.84. The number of aliphatic hydroxyl groups excluding tert-OH is 1. The smallest absolute Gasteiger partial charge is 0.419 e. The third-order valence-corrected chi connectivity index (χ3v) is 7.25. The van der Waals surface area contributed by atoms with E-state index >= 15 is 0 Å². The summed E-state index contributed by atoms with van der Waals surface area (Å²) in [5, 5.41) is 15.9. The van der Waals surface area contributed by atoms with Gasteiger partial charge in [0.15, 0.2) is 0 Å². The van der Waals surface area contributed by atoms with E-state index in [4.69, 9.17) is 9.84 Å². The highest BCUT2D eigenvalue weighted by Gasteiger charge is 2.35. The zero-order valence-corrected chi connectivity index (χ0v) is 23.1. The number of carbonyl (C=O) groups excluding carboxylic acids is 3. The molecule has 0 aliphatic heterocycles. The number of methoxy groups -OCH3 is 1. The fourth-order valence-electron chi connectivity index (χ4n) is 4.04. The van der Waals surface area contributed by atoms with E-state index in [1.54, 1.807) is 0 Å². The van der Waals surface area contributed by atoms with E-state index in [0.29, 0.717) is 29.5 Å². The van der Waals surface area contributed by atoms with Gasteiger partial charge in [0.1, 0.15) is 16.4 Å². The molecule has 1 aromatic heterocycles. The Kier molecular flexibility index (Phi) is 9.15. The largest absolute Gasteiger partial charge is 0.496 e. The van der Waals surface area contributed by atoms with Crippen molar-refractivity contribution in [2.24, 2.45) is 0 Å². The molecule has 4 aromatic rings. The quantitative estimate of drug-likeness (QED) is 0.168. The molecule has 0 aliphatic carbocycles. The highest BCUT2D eigenvalue weighted by molar-refractivity contribution is 7.21. The van der Waals surface area contributed by atoms with Gasteiger partial charge in [-0.2, -0.15) is 26.3 Å². The number of thiophene rings is 1. The topological polar surface area (TPSA) is 117 Å². The Morgan fingerprint density at radius 1 is 0.864 bits per heavy atom. The van der Waals surface area contributed by atoms with E-state index in [0.717, 1.165) is 24.3 Å². The predicted molar refractivity (Wildman–Crippen MR) is 147 cm³/mol. The zero-order valence-electron chi connectivity index (χ0n) is 22.2. The molecule has 0 spiro atoms. The van der Waals surface area contributed by atoms with Gasteiger partial charge in [-0.25, -0.2) is 4.39 Å². The van der Waals surface area contributed by atoms with Gasteiger partial charge in [-0.3, -0.25) is 14.4 Å². The Bertz CT molecular complexity index is 1750. The molecule has 0 unspecified atom stereocenters. The van der Waals surface area contributed by atoms with Crippen LogP contribution in [-0.4, -0.2) is 43.1 Å². The molecular formula is C28H20F7N3O5S. The van der Waals surface area contributed by atoms with Gasteiger partial charge in [-0.15, -0.1) is 11.3 Å². The average molecular weight is 644 g/mol. The van der Waals surface area contributed by atoms with E-state index in [9.17, 15) is 45.1 Å². The molecule has 0 radical (unpaired) electrons. The minimum Gasteiger partial charge on any atom is -0.496 e. The van der Waals surface area contributed by atoms with Crippen molar-refractivity contribution in [1.82, 2.24) is 5.32 Å². The molecule has 0 saturated heterocycles. The molecule has 4 N–H and O–H groups in total. The van der Waals surface area contributed by atoms with Gasteiger partial charge >= 0.3 is 12.4 Å². The van der Waals surface area contributed by atoms with Crippen molar-refractivity contribution in [3.63, 3.8) is 0 Å². The molecule has 3 amide bonds. The maximum Gasteiger partial charge on any atom is 0.419 e. The normalized spacial score (nSPS) is 11.8. The van der Waals surface area contributed by atoms with Crippen molar-refractivity contribution < 1.29 is 55.0 Å². The van der Waals surface area contributed by atoms with E-state index in [2.05, 4.69) is 16.0 Å². The van der Waals surface area contributed by atoms with Crippen molar-refractivity contribution in [2.45, 2.75) is 12.4 Å². The number of benzene rings is 3. The van der Waals surface area contributed by atoms with Crippen molar-refractivity contribution in [1.29, 1.82) is 0 Å². The number of alkyl halides is 6. The van der Waals surface area contributed by atoms with Crippen LogP contribution in [-0.2, 0) is 12.4 Å². The van der Waals surface area contributed by atoms with Crippen LogP contribution in [0, 0.1) is 5.82 Å². The number of aliphatic hydroxyl groups is 1. The van der Waals surface area contributed by atoms with Gasteiger partial charge in [0.2, 0.25) is 0 Å². The van der Waals surface area contributed by atoms with Crippen LogP contribution in [0.5, 0.6) is 5.75 Å². The van der Waals surface area contributed by atoms with Gasteiger partial charge in [0.25, 0.3) is 17.7 Å². The molecule has 0 atom stereocenters. The molecule has 232 valence electrons. The maximum atomic E-state index is 13.8. The first-order valence-electron chi connectivity index (χ1n) is 12.3. The fourth-order valence-corrected chi connectivity index (χ4v) is 5.14. The van der Waals surface area contributed by atoms with Crippen LogP contribution < -0.4 is 20.7 Å². The van der Waals surface area contributed by atoms with Gasteiger partial charge < -0.3 is 25.8 Å². The van der Waals surface area contributed by atoms with Crippen molar-refractivity contribution in [3.05, 3.63) is 87.5 Å². The molecule has 16 heteroatoms. The molecular weight excluding hydrogens is 623 g/mol. The SMILES string of the molecule is COc1ccc(C(=O)NCCO)cc1C(=O)Nc1c(C(=O)Nc2ccc(F)c(C(F)(F)F)c2)sc2cc(C(F)(F)F)ccc12. The summed E-state index contributed by atoms with van der Waals surface area (Å²) < 4.78 is 98.6. The summed E-state index contributed by atoms with van der Waals surface area (Å²) in [6, 6.07) is 7.92. The standard InChI is InChI=1S/C28H20F7N3O5S/c1-43-20-7-2-13(24(40)36-8-9-39)10-17(20)25(41)38-22-16-5-3-14(27(30,31)32)11-21(16)44-23(22)26(42)37-15-4-6-19(29)18(12-15)28(33,34)35/h2-7,10-12,39H,8-9H2,1H3,(H,36,40)(H,37,42)(H,38,41). The van der Waals surface area contributed by atoms with Gasteiger partial charge in [-0.05, 0) is 48.5 Å². The lowest BCUT2D eigenvalue weighted by Gasteiger charge is -2.13. The lowest BCUT2D eigenvalue weighted by molar-refractivity contribution is -0.140. The lowest BCUT2D eigenvalue weighted by Crippen LogP contribution is -2.26. The van der Waals surface area contributed by atoms with Crippen LogP contribution in [0.4, 0.5) is 42.1 Å². The number of halogens is 7. The second-order valence-corrected chi connectivity index (χ2v) is 10.1. The molecule has 8 nitrogen and oxygen atoms in total. The third-order valence-electron chi connectivity index (χ3n) is 6.10. The minimum atomic E-state index is -5.09. The van der Waals surface area contributed by atoms with Gasteiger partial charge in [0, 0.05) is 27.9 Å². The summed E-state index contributed by atoms with van der Waals surface area (Å²) in [5.41, 5.74) is -3.70. The number of rotatable bonds is 8. The van der Waals surface area contributed by atoms with Gasteiger partial charge in [0.05, 0.1) is 36.1 Å². The predicted octanol–water partition coefficient (Wildman–Crippen LogP) is 6.31. The van der Waals surface area contributed by atoms with Crippen molar-refractivity contribution >= 4 is 50.5 Å². The second kappa shape index (κ2) is 12.5. The molecule has 44 heavy (non-hydrogen) atoms. The molecule has 0 saturated carbocycles. The first-order chi connectivity index (χ1) is 20.6. The van der Waals surface area contributed by atoms with Crippen LogP contribution in [0.1, 0.15) is 41.5 Å². The number of fused-ring (bicyclic) bond motifs is 1. The van der Waals surface area contributed by atoms with Crippen LogP contribution in [0.2, 0.25) is 0 Å². The Hall–Kier alpha value is -4.70. The van der Waals surface area contributed by atoms with Crippen LogP contribution in [0.15, 0.2) is 54.6 Å². The molecule has 0 bridgehead atoms. The maximum absolute atomic E-state index is 13.8. The summed E-state index contributed by atoms with van der Waals surface area (Å²) in [5.74, 6) is -4.32. The minimum absolute atomic E-state index is 0.00704. The highest BCUT2D eigenvalue weighted by atomic mass is 32.1. The second-order valence-electron chi connectivity index (χ2n) is 9.01. The van der Waals surface area contributed by atoms with Crippen LogP contribution >= 0.6 is 11.3 Å².